The fraction of sp³-hybridized carbons (Fsp3) is 0.941. The van der Waals surface area contributed by atoms with Gasteiger partial charge in [0, 0.05) is 0 Å². The Morgan fingerprint density at radius 1 is 0.706 bits per heavy atom. The Bertz CT molecular complexity index is 148. The summed E-state index contributed by atoms with van der Waals surface area (Å²) in [6.45, 7) is 13.4. The van der Waals surface area contributed by atoms with Gasteiger partial charge in [-0.05, 0) is 17.8 Å². The van der Waals surface area contributed by atoms with Gasteiger partial charge in [-0.3, -0.25) is 0 Å². The van der Waals surface area contributed by atoms with Crippen LogP contribution in [-0.2, 0) is 0 Å². The molecule has 0 fully saturated rings. The number of hydrogen-bond donors (Lipinski definition) is 0. The molecule has 0 aliphatic heterocycles. The lowest BCUT2D eigenvalue weighted by Crippen LogP contribution is -2.14. The first-order valence-electron chi connectivity index (χ1n) is 7.88. The first kappa shape index (κ1) is 17.0. The zero-order valence-electron chi connectivity index (χ0n) is 12.8. The van der Waals surface area contributed by atoms with Gasteiger partial charge in [-0.2, -0.15) is 0 Å². The summed E-state index contributed by atoms with van der Waals surface area (Å²) >= 11 is 0. The van der Waals surface area contributed by atoms with Crippen molar-refractivity contribution in [2.24, 2.45) is 17.8 Å². The molecule has 0 rings (SSSR count). The van der Waals surface area contributed by atoms with Crippen LogP contribution in [0, 0.1) is 24.7 Å². The van der Waals surface area contributed by atoms with Crippen molar-refractivity contribution in [2.75, 3.05) is 0 Å². The Kier molecular flexibility index (Phi) is 11.1. The van der Waals surface area contributed by atoms with Crippen LogP contribution in [0.15, 0.2) is 0 Å². The molecule has 0 aliphatic carbocycles. The van der Waals surface area contributed by atoms with Crippen LogP contribution < -0.4 is 0 Å². The van der Waals surface area contributed by atoms with E-state index in [0.29, 0.717) is 0 Å². The highest BCUT2D eigenvalue weighted by Gasteiger charge is 2.14. The van der Waals surface area contributed by atoms with Crippen LogP contribution >= 0.6 is 0 Å². The Labute approximate surface area is 111 Å². The lowest BCUT2D eigenvalue weighted by Gasteiger charge is -2.23. The fourth-order valence-corrected chi connectivity index (χ4v) is 2.45. The zero-order chi connectivity index (χ0) is 13.1. The maximum absolute atomic E-state index is 3.88. The molecule has 0 aromatic rings. The third-order valence-corrected chi connectivity index (χ3v) is 4.36. The number of rotatable bonds is 11. The van der Waals surface area contributed by atoms with Crippen LogP contribution in [0.1, 0.15) is 85.5 Å². The number of unbranched alkanes of at least 4 members (excludes halogenated alkanes) is 7. The first-order valence-corrected chi connectivity index (χ1v) is 7.88. The molecular formula is C17H35. The van der Waals surface area contributed by atoms with Crippen molar-refractivity contribution in [3.63, 3.8) is 0 Å². The predicted octanol–water partition coefficient (Wildman–Crippen LogP) is 6.26. The third kappa shape index (κ3) is 9.68. The van der Waals surface area contributed by atoms with E-state index in [9.17, 15) is 0 Å². The molecule has 103 valence electrons. The van der Waals surface area contributed by atoms with Gasteiger partial charge in [0.05, 0.1) is 0 Å². The average Bonchev–Trinajstić information content (AvgIpc) is 2.31. The van der Waals surface area contributed by atoms with Crippen molar-refractivity contribution < 1.29 is 0 Å². The lowest BCUT2D eigenvalue weighted by atomic mass is 9.83. The van der Waals surface area contributed by atoms with Crippen molar-refractivity contribution in [2.45, 2.75) is 85.5 Å². The molecule has 0 amide bonds. The maximum atomic E-state index is 3.88. The molecule has 0 N–H and O–H groups in total. The van der Waals surface area contributed by atoms with Gasteiger partial charge in [0.1, 0.15) is 0 Å². The van der Waals surface area contributed by atoms with E-state index < -0.39 is 0 Å². The summed E-state index contributed by atoms with van der Waals surface area (Å²) in [6.07, 6.45) is 12.4. The van der Waals surface area contributed by atoms with E-state index in [4.69, 9.17) is 0 Å². The molecule has 0 aromatic heterocycles. The second-order valence-corrected chi connectivity index (χ2v) is 6.20. The topological polar surface area (TPSA) is 0 Å². The van der Waals surface area contributed by atoms with Crippen molar-refractivity contribution >= 4 is 0 Å². The van der Waals surface area contributed by atoms with Crippen molar-refractivity contribution in [3.8, 4) is 0 Å². The van der Waals surface area contributed by atoms with Crippen molar-refractivity contribution in [3.05, 3.63) is 6.92 Å². The van der Waals surface area contributed by atoms with Gasteiger partial charge in [0.25, 0.3) is 0 Å². The van der Waals surface area contributed by atoms with Crippen LogP contribution in [0.2, 0.25) is 0 Å². The molecular weight excluding hydrogens is 204 g/mol. The largest absolute Gasteiger partial charge is 0.0625 e. The zero-order valence-corrected chi connectivity index (χ0v) is 12.8. The molecule has 17 heavy (non-hydrogen) atoms. The number of hydrogen-bond acceptors (Lipinski definition) is 0. The molecule has 0 heteroatoms. The summed E-state index contributed by atoms with van der Waals surface area (Å²) in [5.41, 5.74) is 0. The highest BCUT2D eigenvalue weighted by molar-refractivity contribution is 4.65. The molecule has 1 radical (unpaired) electrons. The highest BCUT2D eigenvalue weighted by Crippen LogP contribution is 2.25. The Balaban J connectivity index is 3.27. The maximum Gasteiger partial charge on any atom is -0.0394 e. The Morgan fingerprint density at radius 3 is 1.65 bits per heavy atom. The van der Waals surface area contributed by atoms with Gasteiger partial charge in [-0.15, -0.1) is 0 Å². The standard InChI is InChI=1S/C17H35/c1-6-7-8-9-10-11-12-13-14-16(4)17(5)15(2)3/h15-17H,1,6-14H2,2-5H3. The Hall–Kier alpha value is 0. The minimum atomic E-state index is 0.840. The molecule has 0 spiro atoms. The third-order valence-electron chi connectivity index (χ3n) is 4.36. The molecule has 2 atom stereocenters. The van der Waals surface area contributed by atoms with E-state index >= 15 is 0 Å². The highest BCUT2D eigenvalue weighted by atomic mass is 14.2. The summed E-state index contributed by atoms with van der Waals surface area (Å²) in [5, 5.41) is 0. The first-order chi connectivity index (χ1) is 8.09. The normalized spacial score (nSPS) is 15.2. The summed E-state index contributed by atoms with van der Waals surface area (Å²) in [6, 6.07) is 0. The van der Waals surface area contributed by atoms with Gasteiger partial charge in [-0.25, -0.2) is 0 Å². The van der Waals surface area contributed by atoms with Gasteiger partial charge in [-0.1, -0.05) is 92.4 Å². The molecule has 0 bridgehead atoms. The van der Waals surface area contributed by atoms with Gasteiger partial charge in [0.2, 0.25) is 0 Å². The van der Waals surface area contributed by atoms with Crippen molar-refractivity contribution in [1.82, 2.24) is 0 Å². The van der Waals surface area contributed by atoms with Gasteiger partial charge >= 0.3 is 0 Å². The van der Waals surface area contributed by atoms with Gasteiger partial charge in [0.15, 0.2) is 0 Å². The van der Waals surface area contributed by atoms with E-state index in [2.05, 4.69) is 34.6 Å². The van der Waals surface area contributed by atoms with E-state index in [1.165, 1.54) is 51.4 Å². The molecule has 0 aromatic carbocycles. The minimum Gasteiger partial charge on any atom is -0.0625 e. The SMILES string of the molecule is [CH2]CCCCCCCCCC(C)C(C)C(C)C. The second-order valence-electron chi connectivity index (χ2n) is 6.20. The van der Waals surface area contributed by atoms with Crippen LogP contribution in [-0.4, -0.2) is 0 Å². The second kappa shape index (κ2) is 11.1. The minimum absolute atomic E-state index is 0.840. The monoisotopic (exact) mass is 239 g/mol. The van der Waals surface area contributed by atoms with Crippen molar-refractivity contribution in [1.29, 1.82) is 0 Å². The summed E-state index contributed by atoms with van der Waals surface area (Å²) in [5.74, 6) is 2.63. The van der Waals surface area contributed by atoms with Crippen LogP contribution in [0.25, 0.3) is 0 Å². The predicted molar refractivity (Wildman–Crippen MR) is 80.1 cm³/mol. The molecule has 0 aliphatic rings. The summed E-state index contributed by atoms with van der Waals surface area (Å²) < 4.78 is 0. The lowest BCUT2D eigenvalue weighted by molar-refractivity contribution is 0.275. The van der Waals surface area contributed by atoms with E-state index in [1.807, 2.05) is 0 Å². The average molecular weight is 239 g/mol. The van der Waals surface area contributed by atoms with Crippen LogP contribution in [0.3, 0.4) is 0 Å². The molecule has 2 unspecified atom stereocenters. The van der Waals surface area contributed by atoms with E-state index in [0.717, 1.165) is 24.2 Å². The summed E-state index contributed by atoms with van der Waals surface area (Å²) in [7, 11) is 0. The smallest absolute Gasteiger partial charge is 0.0394 e. The van der Waals surface area contributed by atoms with Gasteiger partial charge < -0.3 is 0 Å². The van der Waals surface area contributed by atoms with Crippen LogP contribution in [0.5, 0.6) is 0 Å². The van der Waals surface area contributed by atoms with E-state index in [1.54, 1.807) is 0 Å². The van der Waals surface area contributed by atoms with E-state index in [-0.39, 0.29) is 0 Å². The molecule has 0 heterocycles. The fourth-order valence-electron chi connectivity index (χ4n) is 2.45. The molecule has 0 nitrogen and oxygen atoms in total. The molecule has 0 saturated carbocycles. The molecule has 0 saturated heterocycles. The Morgan fingerprint density at radius 2 is 1.18 bits per heavy atom. The quantitative estimate of drug-likeness (QED) is 0.373. The summed E-state index contributed by atoms with van der Waals surface area (Å²) in [4.78, 5) is 0. The van der Waals surface area contributed by atoms with Crippen LogP contribution in [0.4, 0.5) is 0 Å².